The molecule has 1 N–H and O–H groups in total. The summed E-state index contributed by atoms with van der Waals surface area (Å²) >= 11 is 0. The lowest BCUT2D eigenvalue weighted by molar-refractivity contribution is 0.372. The van der Waals surface area contributed by atoms with Crippen molar-refractivity contribution in [1.82, 2.24) is 20.0 Å². The quantitative estimate of drug-likeness (QED) is 0.668. The van der Waals surface area contributed by atoms with Crippen LogP contribution in [0, 0.1) is 27.7 Å². The van der Waals surface area contributed by atoms with Gasteiger partial charge >= 0.3 is 0 Å². The molecule has 2 heterocycles. The van der Waals surface area contributed by atoms with Gasteiger partial charge in [-0.25, -0.2) is 0 Å². The Morgan fingerprint density at radius 3 is 2.41 bits per heavy atom. The minimum atomic E-state index is 0.759. The lowest BCUT2D eigenvalue weighted by Gasteiger charge is -2.38. The van der Waals surface area contributed by atoms with Crippen LogP contribution in [0.3, 0.4) is 0 Å². The van der Waals surface area contributed by atoms with E-state index in [-0.39, 0.29) is 0 Å². The lowest BCUT2D eigenvalue weighted by atomic mass is 10.1. The van der Waals surface area contributed by atoms with Gasteiger partial charge in [0.05, 0.1) is 5.69 Å². The molecule has 3 rings (SSSR count). The largest absolute Gasteiger partial charge is 0.368 e. The molecule has 0 aliphatic carbocycles. The van der Waals surface area contributed by atoms with Crippen molar-refractivity contribution in [2.75, 3.05) is 38.1 Å². The van der Waals surface area contributed by atoms with Gasteiger partial charge in [-0.1, -0.05) is 12.1 Å². The average Bonchev–Trinajstić information content (AvgIpc) is 2.91. The fourth-order valence-corrected chi connectivity index (χ4v) is 3.81. The summed E-state index contributed by atoms with van der Waals surface area (Å²) in [6.45, 7) is 13.3. The van der Waals surface area contributed by atoms with Gasteiger partial charge in [-0.05, 0) is 44.9 Å². The van der Waals surface area contributed by atoms with E-state index < -0.39 is 0 Å². The van der Waals surface area contributed by atoms with Crippen molar-refractivity contribution in [3.63, 3.8) is 0 Å². The zero-order valence-corrected chi connectivity index (χ0v) is 17.5. The molecule has 0 amide bonds. The SMILES string of the molecule is CN=C(NCc1c(C)nn(C)c1C)N1CCN(c2cccc(C)c2C)CC1. The molecular formula is C21H32N6. The molecule has 0 unspecified atom stereocenters. The van der Waals surface area contributed by atoms with Crippen LogP contribution in [-0.4, -0.2) is 53.9 Å². The molecule has 6 heteroatoms. The number of aromatic nitrogens is 2. The van der Waals surface area contributed by atoms with Gasteiger partial charge in [0.2, 0.25) is 0 Å². The Bertz CT molecular complexity index is 827. The summed E-state index contributed by atoms with van der Waals surface area (Å²) < 4.78 is 1.94. The Morgan fingerprint density at radius 1 is 1.11 bits per heavy atom. The number of hydrogen-bond donors (Lipinski definition) is 1. The third-order valence-corrected chi connectivity index (χ3v) is 5.79. The van der Waals surface area contributed by atoms with Gasteiger partial charge in [0.1, 0.15) is 0 Å². The van der Waals surface area contributed by atoms with E-state index in [1.807, 2.05) is 18.8 Å². The molecule has 1 aliphatic heterocycles. The number of nitrogens with one attached hydrogen (secondary N) is 1. The summed E-state index contributed by atoms with van der Waals surface area (Å²) in [4.78, 5) is 9.35. The van der Waals surface area contributed by atoms with Gasteiger partial charge in [0.15, 0.2) is 5.96 Å². The monoisotopic (exact) mass is 368 g/mol. The first-order valence-electron chi connectivity index (χ1n) is 9.68. The maximum Gasteiger partial charge on any atom is 0.194 e. The van der Waals surface area contributed by atoms with Gasteiger partial charge in [-0.2, -0.15) is 5.10 Å². The Labute approximate surface area is 162 Å². The van der Waals surface area contributed by atoms with Gasteiger partial charge in [-0.15, -0.1) is 0 Å². The second-order valence-corrected chi connectivity index (χ2v) is 7.37. The highest BCUT2D eigenvalue weighted by molar-refractivity contribution is 5.80. The predicted octanol–water partition coefficient (Wildman–Crippen LogP) is 2.55. The highest BCUT2D eigenvalue weighted by Crippen LogP contribution is 2.24. The van der Waals surface area contributed by atoms with Crippen LogP contribution in [0.5, 0.6) is 0 Å². The van der Waals surface area contributed by atoms with E-state index in [0.29, 0.717) is 0 Å². The summed E-state index contributed by atoms with van der Waals surface area (Å²) in [5.74, 6) is 0.971. The minimum absolute atomic E-state index is 0.759. The molecule has 0 saturated carbocycles. The first-order chi connectivity index (χ1) is 12.9. The number of hydrogen-bond acceptors (Lipinski definition) is 3. The molecule has 6 nitrogen and oxygen atoms in total. The van der Waals surface area contributed by atoms with E-state index in [1.54, 1.807) is 0 Å². The number of aliphatic imine (C=N–C) groups is 1. The zero-order chi connectivity index (χ0) is 19.6. The summed E-state index contributed by atoms with van der Waals surface area (Å²) in [7, 11) is 3.86. The summed E-state index contributed by atoms with van der Waals surface area (Å²) in [6.07, 6.45) is 0. The van der Waals surface area contributed by atoms with Crippen molar-refractivity contribution >= 4 is 11.6 Å². The third-order valence-electron chi connectivity index (χ3n) is 5.79. The second kappa shape index (κ2) is 8.03. The van der Waals surface area contributed by atoms with Crippen molar-refractivity contribution in [3.05, 3.63) is 46.3 Å². The highest BCUT2D eigenvalue weighted by atomic mass is 15.3. The number of guanidine groups is 1. The highest BCUT2D eigenvalue weighted by Gasteiger charge is 2.21. The molecule has 1 aromatic carbocycles. The van der Waals surface area contributed by atoms with Gasteiger partial charge in [-0.3, -0.25) is 9.67 Å². The van der Waals surface area contributed by atoms with Crippen LogP contribution in [0.2, 0.25) is 0 Å². The molecule has 27 heavy (non-hydrogen) atoms. The van der Waals surface area contributed by atoms with E-state index in [2.05, 4.69) is 71.1 Å². The minimum Gasteiger partial charge on any atom is -0.368 e. The smallest absolute Gasteiger partial charge is 0.194 e. The normalized spacial score (nSPS) is 15.4. The van der Waals surface area contributed by atoms with E-state index in [9.17, 15) is 0 Å². The van der Waals surface area contributed by atoms with Crippen LogP contribution in [0.25, 0.3) is 0 Å². The van der Waals surface area contributed by atoms with Gasteiger partial charge < -0.3 is 15.1 Å². The fourth-order valence-electron chi connectivity index (χ4n) is 3.81. The number of aryl methyl sites for hydroxylation is 3. The zero-order valence-electron chi connectivity index (χ0n) is 17.5. The molecule has 1 aromatic heterocycles. The molecule has 0 radical (unpaired) electrons. The maximum absolute atomic E-state index is 4.51. The maximum atomic E-state index is 4.51. The molecule has 2 aromatic rings. The Balaban J connectivity index is 1.61. The van der Waals surface area contributed by atoms with Crippen molar-refractivity contribution in [2.24, 2.45) is 12.0 Å². The molecule has 1 saturated heterocycles. The first-order valence-corrected chi connectivity index (χ1v) is 9.68. The predicted molar refractivity (Wildman–Crippen MR) is 113 cm³/mol. The van der Waals surface area contributed by atoms with E-state index in [1.165, 1.54) is 28.1 Å². The summed E-state index contributed by atoms with van der Waals surface area (Å²) in [5.41, 5.74) is 7.64. The van der Waals surface area contributed by atoms with Crippen LogP contribution in [0.15, 0.2) is 23.2 Å². The summed E-state index contributed by atoms with van der Waals surface area (Å²) in [5, 5.41) is 8.03. The van der Waals surface area contributed by atoms with Crippen LogP contribution < -0.4 is 10.2 Å². The number of benzene rings is 1. The van der Waals surface area contributed by atoms with Crippen molar-refractivity contribution in [3.8, 4) is 0 Å². The molecule has 1 fully saturated rings. The number of anilines is 1. The molecular weight excluding hydrogens is 336 g/mol. The number of rotatable bonds is 3. The van der Waals surface area contributed by atoms with Crippen molar-refractivity contribution in [2.45, 2.75) is 34.2 Å². The number of nitrogens with zero attached hydrogens (tertiary/aromatic N) is 5. The Morgan fingerprint density at radius 2 is 1.81 bits per heavy atom. The fraction of sp³-hybridized carbons (Fsp3) is 0.524. The topological polar surface area (TPSA) is 48.7 Å². The van der Waals surface area contributed by atoms with Gasteiger partial charge in [0.25, 0.3) is 0 Å². The summed E-state index contributed by atoms with van der Waals surface area (Å²) in [6, 6.07) is 6.57. The Hall–Kier alpha value is -2.50. The van der Waals surface area contributed by atoms with E-state index >= 15 is 0 Å². The van der Waals surface area contributed by atoms with Crippen LogP contribution in [0.1, 0.15) is 28.1 Å². The average molecular weight is 369 g/mol. The van der Waals surface area contributed by atoms with Gasteiger partial charge in [0, 0.05) is 63.8 Å². The standard InChI is InChI=1S/C21H32N6/c1-15-8-7-9-20(16(15)2)26-10-12-27(13-11-26)21(22-5)23-14-19-17(3)24-25(6)18(19)4/h7-9H,10-14H2,1-6H3,(H,22,23). The second-order valence-electron chi connectivity index (χ2n) is 7.37. The van der Waals surface area contributed by atoms with Crippen molar-refractivity contribution in [1.29, 1.82) is 0 Å². The van der Waals surface area contributed by atoms with Crippen LogP contribution >= 0.6 is 0 Å². The molecule has 0 spiro atoms. The third kappa shape index (κ3) is 3.94. The molecule has 146 valence electrons. The van der Waals surface area contributed by atoms with E-state index in [4.69, 9.17) is 0 Å². The van der Waals surface area contributed by atoms with Crippen LogP contribution in [-0.2, 0) is 13.6 Å². The first kappa shape index (κ1) is 19.3. The molecule has 0 bridgehead atoms. The number of piperazine rings is 1. The Kier molecular flexibility index (Phi) is 5.73. The molecule has 0 atom stereocenters. The van der Waals surface area contributed by atoms with Crippen molar-refractivity contribution < 1.29 is 0 Å². The van der Waals surface area contributed by atoms with Crippen LogP contribution in [0.4, 0.5) is 5.69 Å². The van der Waals surface area contributed by atoms with E-state index in [0.717, 1.165) is 44.4 Å². The molecule has 1 aliphatic rings. The lowest BCUT2D eigenvalue weighted by Crippen LogP contribution is -2.52.